The Kier molecular flexibility index (Phi) is 7.87. The van der Waals surface area contributed by atoms with Crippen molar-refractivity contribution in [3.05, 3.63) is 231 Å². The van der Waals surface area contributed by atoms with E-state index in [1.165, 1.54) is 75.5 Å². The highest BCUT2D eigenvalue weighted by Crippen LogP contribution is 2.40. The summed E-state index contributed by atoms with van der Waals surface area (Å²) in [4.78, 5) is 0. The SMILES string of the molecule is c1ccc(-c2cccc3c2c2ccc(-n4c5ccccc5c5cccc([Si](c6ccccc6)(c6ccccc6)c6ccccc6)c54)cc2n3-c2ccccc2)cc1. The number of hydrogen-bond donors (Lipinski definition) is 0. The largest absolute Gasteiger partial charge is 0.309 e. The van der Waals surface area contributed by atoms with Gasteiger partial charge in [-0.1, -0.05) is 194 Å². The van der Waals surface area contributed by atoms with Gasteiger partial charge in [0.2, 0.25) is 0 Å². The van der Waals surface area contributed by atoms with Gasteiger partial charge in [-0.25, -0.2) is 0 Å². The molecule has 0 unspecified atom stereocenters. The first-order valence-corrected chi connectivity index (χ1v) is 21.7. The first-order chi connectivity index (χ1) is 28.3. The first-order valence-electron chi connectivity index (χ1n) is 19.7. The van der Waals surface area contributed by atoms with Crippen LogP contribution in [0.2, 0.25) is 0 Å². The van der Waals surface area contributed by atoms with Gasteiger partial charge in [0, 0.05) is 32.9 Å². The van der Waals surface area contributed by atoms with Crippen LogP contribution in [0.25, 0.3) is 66.1 Å². The van der Waals surface area contributed by atoms with Crippen LogP contribution in [0.15, 0.2) is 231 Å². The maximum Gasteiger partial charge on any atom is 0.181 e. The molecule has 0 N–H and O–H groups in total. The van der Waals surface area contributed by atoms with Gasteiger partial charge in [-0.15, -0.1) is 0 Å². The van der Waals surface area contributed by atoms with E-state index in [0.717, 1.165) is 11.4 Å². The topological polar surface area (TPSA) is 9.86 Å². The average molecular weight is 743 g/mol. The molecular weight excluding hydrogens is 705 g/mol. The zero-order valence-corrected chi connectivity index (χ0v) is 32.3. The monoisotopic (exact) mass is 742 g/mol. The third kappa shape index (κ3) is 5.10. The van der Waals surface area contributed by atoms with Crippen LogP contribution in [0.4, 0.5) is 0 Å². The molecule has 9 aromatic carbocycles. The molecule has 0 spiro atoms. The maximum absolute atomic E-state index is 2.91. The van der Waals surface area contributed by atoms with Crippen LogP contribution in [-0.2, 0) is 0 Å². The van der Waals surface area contributed by atoms with Crippen molar-refractivity contribution in [1.82, 2.24) is 9.13 Å². The number of fused-ring (bicyclic) bond motifs is 6. The molecule has 2 aromatic heterocycles. The quantitative estimate of drug-likeness (QED) is 0.114. The van der Waals surface area contributed by atoms with Crippen LogP contribution in [0.5, 0.6) is 0 Å². The summed E-state index contributed by atoms with van der Waals surface area (Å²) in [6.07, 6.45) is 0. The van der Waals surface area contributed by atoms with Crippen LogP contribution in [0, 0.1) is 0 Å². The second-order valence-corrected chi connectivity index (χ2v) is 18.6. The van der Waals surface area contributed by atoms with E-state index < -0.39 is 8.07 Å². The number of benzene rings is 9. The molecule has 0 aliphatic heterocycles. The minimum absolute atomic E-state index is 1.14. The number of aromatic nitrogens is 2. The normalized spacial score (nSPS) is 11.9. The summed E-state index contributed by atoms with van der Waals surface area (Å²) in [6, 6.07) is 85.2. The Bertz CT molecular complexity index is 3110. The van der Waals surface area contributed by atoms with E-state index in [-0.39, 0.29) is 0 Å². The minimum Gasteiger partial charge on any atom is -0.309 e. The van der Waals surface area contributed by atoms with Crippen LogP contribution < -0.4 is 20.7 Å². The van der Waals surface area contributed by atoms with E-state index in [1.54, 1.807) is 0 Å². The summed E-state index contributed by atoms with van der Waals surface area (Å²) >= 11 is 0. The Labute approximate surface area is 333 Å². The lowest BCUT2D eigenvalue weighted by Gasteiger charge is -2.35. The molecule has 0 radical (unpaired) electrons. The Morgan fingerprint density at radius 1 is 0.316 bits per heavy atom. The number of rotatable bonds is 7. The molecule has 0 atom stereocenters. The van der Waals surface area contributed by atoms with Crippen molar-refractivity contribution in [2.24, 2.45) is 0 Å². The lowest BCUT2D eigenvalue weighted by molar-refractivity contribution is 1.16. The Balaban J connectivity index is 1.29. The second kappa shape index (κ2) is 13.5. The Morgan fingerprint density at radius 3 is 1.49 bits per heavy atom. The van der Waals surface area contributed by atoms with Crippen molar-refractivity contribution >= 4 is 72.4 Å². The molecule has 0 saturated carbocycles. The van der Waals surface area contributed by atoms with E-state index >= 15 is 0 Å². The van der Waals surface area contributed by atoms with Crippen LogP contribution >= 0.6 is 0 Å². The Morgan fingerprint density at radius 2 is 0.842 bits per heavy atom. The molecule has 0 fully saturated rings. The fourth-order valence-corrected chi connectivity index (χ4v) is 14.5. The Hall–Kier alpha value is -7.20. The van der Waals surface area contributed by atoms with Crippen LogP contribution in [0.3, 0.4) is 0 Å². The van der Waals surface area contributed by atoms with E-state index in [0.29, 0.717) is 0 Å². The summed E-state index contributed by atoms with van der Waals surface area (Å²) in [5.41, 5.74) is 9.57. The molecular formula is C54H38N2Si. The summed E-state index contributed by atoms with van der Waals surface area (Å²) < 4.78 is 5.01. The van der Waals surface area contributed by atoms with Gasteiger partial charge in [-0.05, 0) is 68.3 Å². The number of hydrogen-bond acceptors (Lipinski definition) is 0. The third-order valence-corrected chi connectivity index (χ3v) is 16.7. The molecule has 11 rings (SSSR count). The zero-order chi connectivity index (χ0) is 37.8. The molecule has 0 amide bonds. The third-order valence-electron chi connectivity index (χ3n) is 11.9. The van der Waals surface area contributed by atoms with Crippen molar-refractivity contribution in [2.75, 3.05) is 0 Å². The van der Waals surface area contributed by atoms with Crippen molar-refractivity contribution in [3.63, 3.8) is 0 Å². The molecule has 2 heterocycles. The fourth-order valence-electron chi connectivity index (χ4n) is 9.53. The lowest BCUT2D eigenvalue weighted by atomic mass is 9.99. The molecule has 0 bridgehead atoms. The van der Waals surface area contributed by atoms with E-state index in [9.17, 15) is 0 Å². The molecule has 3 heteroatoms. The highest BCUT2D eigenvalue weighted by molar-refractivity contribution is 7.20. The molecule has 11 aromatic rings. The van der Waals surface area contributed by atoms with Crippen molar-refractivity contribution < 1.29 is 0 Å². The predicted octanol–water partition coefficient (Wildman–Crippen LogP) is 10.9. The van der Waals surface area contributed by atoms with Gasteiger partial charge in [-0.2, -0.15) is 0 Å². The van der Waals surface area contributed by atoms with Gasteiger partial charge in [0.15, 0.2) is 8.07 Å². The van der Waals surface area contributed by atoms with Crippen LogP contribution in [-0.4, -0.2) is 17.2 Å². The molecule has 0 saturated heterocycles. The van der Waals surface area contributed by atoms with Gasteiger partial charge >= 0.3 is 0 Å². The molecule has 0 aliphatic carbocycles. The molecule has 0 aliphatic rings. The van der Waals surface area contributed by atoms with Crippen molar-refractivity contribution in [1.29, 1.82) is 0 Å². The van der Waals surface area contributed by atoms with Gasteiger partial charge in [0.1, 0.15) is 0 Å². The van der Waals surface area contributed by atoms with E-state index in [1.807, 2.05) is 0 Å². The van der Waals surface area contributed by atoms with Gasteiger partial charge in [0.05, 0.1) is 22.1 Å². The standard InChI is InChI=1S/C54H38N2Si/c1-6-20-39(21-7-1)45-31-18-34-50-53(45)48-37-36-41(38-51(48)55(50)40-22-8-2-9-23-40)56-49-33-17-16-30-46(49)47-32-19-35-52(54(47)56)57(42-24-10-3-11-25-42,43-26-12-4-13-27-43)44-28-14-5-15-29-44/h1-38H. The van der Waals surface area contributed by atoms with Crippen molar-refractivity contribution in [2.45, 2.75) is 0 Å². The van der Waals surface area contributed by atoms with Gasteiger partial charge in [-0.3, -0.25) is 0 Å². The highest BCUT2D eigenvalue weighted by atomic mass is 28.3. The molecule has 57 heavy (non-hydrogen) atoms. The van der Waals surface area contributed by atoms with Gasteiger partial charge < -0.3 is 9.13 Å². The van der Waals surface area contributed by atoms with E-state index in [2.05, 4.69) is 240 Å². The number of para-hydroxylation sites is 3. The zero-order valence-electron chi connectivity index (χ0n) is 31.3. The fraction of sp³-hybridized carbons (Fsp3) is 0. The number of nitrogens with zero attached hydrogens (tertiary/aromatic N) is 2. The molecule has 2 nitrogen and oxygen atoms in total. The van der Waals surface area contributed by atoms with Gasteiger partial charge in [0.25, 0.3) is 0 Å². The van der Waals surface area contributed by atoms with E-state index in [4.69, 9.17) is 0 Å². The lowest BCUT2D eigenvalue weighted by Crippen LogP contribution is -2.75. The molecule has 268 valence electrons. The van der Waals surface area contributed by atoms with Crippen molar-refractivity contribution in [3.8, 4) is 22.5 Å². The highest BCUT2D eigenvalue weighted by Gasteiger charge is 2.43. The second-order valence-electron chi connectivity index (χ2n) is 14.8. The minimum atomic E-state index is -2.91. The first kappa shape index (κ1) is 33.2. The average Bonchev–Trinajstić information content (AvgIpc) is 3.81. The summed E-state index contributed by atoms with van der Waals surface area (Å²) in [6.45, 7) is 0. The predicted molar refractivity (Wildman–Crippen MR) is 244 cm³/mol. The summed E-state index contributed by atoms with van der Waals surface area (Å²) in [5.74, 6) is 0. The maximum atomic E-state index is 2.56. The van der Waals surface area contributed by atoms with Crippen LogP contribution in [0.1, 0.15) is 0 Å². The summed E-state index contributed by atoms with van der Waals surface area (Å²) in [7, 11) is -2.91. The summed E-state index contributed by atoms with van der Waals surface area (Å²) in [5, 5.41) is 10.5. The smallest absolute Gasteiger partial charge is 0.181 e.